The number of H-pyrrole nitrogens is 1. The summed E-state index contributed by atoms with van der Waals surface area (Å²) in [5, 5.41) is 3.55. The van der Waals surface area contributed by atoms with Crippen LogP contribution in [0.5, 0.6) is 0 Å². The lowest BCUT2D eigenvalue weighted by Crippen LogP contribution is -2.28. The molecule has 0 aromatic carbocycles. The maximum absolute atomic E-state index is 11.5. The van der Waals surface area contributed by atoms with E-state index in [1.54, 1.807) is 0 Å². The lowest BCUT2D eigenvalue weighted by molar-refractivity contribution is 0.422. The van der Waals surface area contributed by atoms with Crippen LogP contribution in [0.15, 0.2) is 20.3 Å². The van der Waals surface area contributed by atoms with Crippen molar-refractivity contribution in [2.24, 2.45) is 12.8 Å². The number of rotatable bonds is 2. The van der Waals surface area contributed by atoms with Crippen LogP contribution in [0.25, 0.3) is 11.5 Å². The highest BCUT2D eigenvalue weighted by Gasteiger charge is 2.12. The Hall–Kier alpha value is -2.22. The molecule has 0 saturated carbocycles. The molecule has 0 unspecified atom stereocenters. The molecule has 0 aliphatic heterocycles. The Morgan fingerprint density at radius 3 is 2.94 bits per heavy atom. The third-order valence-corrected chi connectivity index (χ3v) is 1.99. The molecule has 3 N–H and O–H groups in total. The van der Waals surface area contributed by atoms with Crippen molar-refractivity contribution in [2.45, 2.75) is 6.54 Å². The van der Waals surface area contributed by atoms with E-state index < -0.39 is 11.2 Å². The minimum atomic E-state index is -0.574. The van der Waals surface area contributed by atoms with E-state index in [1.165, 1.54) is 17.8 Å². The highest BCUT2D eigenvalue weighted by atomic mass is 16.5. The Bertz CT molecular complexity index is 623. The van der Waals surface area contributed by atoms with Gasteiger partial charge in [0, 0.05) is 13.2 Å². The van der Waals surface area contributed by atoms with Crippen molar-refractivity contribution in [3.63, 3.8) is 0 Å². The number of hydrogen-bond acceptors (Lipinski definition) is 6. The van der Waals surface area contributed by atoms with E-state index in [4.69, 9.17) is 10.3 Å². The third kappa shape index (κ3) is 1.65. The van der Waals surface area contributed by atoms with Gasteiger partial charge in [-0.2, -0.15) is 4.98 Å². The summed E-state index contributed by atoms with van der Waals surface area (Å²) in [6.07, 6.45) is 1.33. The van der Waals surface area contributed by atoms with Gasteiger partial charge in [-0.25, -0.2) is 4.79 Å². The average molecular weight is 223 g/mol. The topological polar surface area (TPSA) is 120 Å². The van der Waals surface area contributed by atoms with E-state index in [1.807, 2.05) is 0 Å². The zero-order valence-corrected chi connectivity index (χ0v) is 8.43. The first-order chi connectivity index (χ1) is 7.61. The summed E-state index contributed by atoms with van der Waals surface area (Å²) in [7, 11) is 1.50. The Morgan fingerprint density at radius 2 is 2.31 bits per heavy atom. The molecule has 0 radical (unpaired) electrons. The fourth-order valence-corrected chi connectivity index (χ4v) is 1.16. The minimum absolute atomic E-state index is 0.0392. The van der Waals surface area contributed by atoms with Crippen LogP contribution in [0.2, 0.25) is 0 Å². The van der Waals surface area contributed by atoms with Gasteiger partial charge in [-0.15, -0.1) is 0 Å². The van der Waals surface area contributed by atoms with Crippen molar-refractivity contribution in [2.75, 3.05) is 0 Å². The number of aromatic nitrogens is 4. The van der Waals surface area contributed by atoms with Crippen LogP contribution >= 0.6 is 0 Å². The number of hydrogen-bond donors (Lipinski definition) is 2. The van der Waals surface area contributed by atoms with E-state index >= 15 is 0 Å². The molecule has 0 amide bonds. The Balaban J connectivity index is 2.60. The standard InChI is InChI=1S/C8H9N5O3/c1-13-3-4(6(14)11-8(13)15)7-10-5(2-9)12-16-7/h3H,2,9H2,1H3,(H,11,14,15). The largest absolute Gasteiger partial charge is 0.334 e. The summed E-state index contributed by atoms with van der Waals surface area (Å²) < 4.78 is 6.05. The molecule has 84 valence electrons. The van der Waals surface area contributed by atoms with E-state index in [-0.39, 0.29) is 18.0 Å². The van der Waals surface area contributed by atoms with Gasteiger partial charge in [0.15, 0.2) is 5.82 Å². The van der Waals surface area contributed by atoms with Gasteiger partial charge >= 0.3 is 5.69 Å². The van der Waals surface area contributed by atoms with Gasteiger partial charge in [-0.3, -0.25) is 9.78 Å². The molecule has 0 fully saturated rings. The maximum Gasteiger partial charge on any atom is 0.328 e. The number of nitrogens with zero attached hydrogens (tertiary/aromatic N) is 3. The van der Waals surface area contributed by atoms with Crippen molar-refractivity contribution in [1.82, 2.24) is 19.7 Å². The Morgan fingerprint density at radius 1 is 1.56 bits per heavy atom. The average Bonchev–Trinajstić information content (AvgIpc) is 2.71. The van der Waals surface area contributed by atoms with Gasteiger partial charge in [0.25, 0.3) is 11.4 Å². The van der Waals surface area contributed by atoms with Gasteiger partial charge in [-0.1, -0.05) is 5.16 Å². The predicted molar refractivity (Wildman–Crippen MR) is 53.5 cm³/mol. The summed E-state index contributed by atoms with van der Waals surface area (Å²) in [6, 6.07) is 0. The highest BCUT2D eigenvalue weighted by molar-refractivity contribution is 5.48. The lowest BCUT2D eigenvalue weighted by Gasteiger charge is -1.97. The fourth-order valence-electron chi connectivity index (χ4n) is 1.16. The van der Waals surface area contributed by atoms with Crippen molar-refractivity contribution >= 4 is 0 Å². The molecule has 0 spiro atoms. The Labute approximate surface area is 88.7 Å². The molecule has 8 heteroatoms. The molecule has 0 saturated heterocycles. The predicted octanol–water partition coefficient (Wildman–Crippen LogP) is -1.42. The maximum atomic E-state index is 11.5. The summed E-state index contributed by atoms with van der Waals surface area (Å²) in [4.78, 5) is 28.6. The normalized spacial score (nSPS) is 10.6. The van der Waals surface area contributed by atoms with Crippen LogP contribution in [0.4, 0.5) is 0 Å². The van der Waals surface area contributed by atoms with Crippen LogP contribution in [0.1, 0.15) is 5.82 Å². The first kappa shape index (κ1) is 10.3. The van der Waals surface area contributed by atoms with Crippen molar-refractivity contribution in [1.29, 1.82) is 0 Å². The monoisotopic (exact) mass is 223 g/mol. The lowest BCUT2D eigenvalue weighted by atomic mass is 10.3. The van der Waals surface area contributed by atoms with E-state index in [9.17, 15) is 9.59 Å². The summed E-state index contributed by atoms with van der Waals surface area (Å²) >= 11 is 0. The molecule has 2 aromatic rings. The molecule has 0 aliphatic carbocycles. The second kappa shape index (κ2) is 3.74. The number of nitrogens with two attached hydrogens (primary N) is 1. The molecule has 0 atom stereocenters. The van der Waals surface area contributed by atoms with E-state index in [0.29, 0.717) is 5.82 Å². The van der Waals surface area contributed by atoms with Crippen LogP contribution in [-0.2, 0) is 13.6 Å². The first-order valence-corrected chi connectivity index (χ1v) is 4.45. The van der Waals surface area contributed by atoms with Crippen LogP contribution in [0, 0.1) is 0 Å². The van der Waals surface area contributed by atoms with Crippen LogP contribution in [-0.4, -0.2) is 19.7 Å². The smallest absolute Gasteiger partial charge is 0.328 e. The van der Waals surface area contributed by atoms with E-state index in [2.05, 4.69) is 15.1 Å². The molecule has 16 heavy (non-hydrogen) atoms. The van der Waals surface area contributed by atoms with Gasteiger partial charge < -0.3 is 14.8 Å². The van der Waals surface area contributed by atoms with Crippen molar-refractivity contribution in [3.8, 4) is 11.5 Å². The molecule has 0 aliphatic rings. The van der Waals surface area contributed by atoms with Gasteiger partial charge in [-0.05, 0) is 0 Å². The molecule has 0 bridgehead atoms. The third-order valence-electron chi connectivity index (χ3n) is 1.99. The second-order valence-corrected chi connectivity index (χ2v) is 3.13. The first-order valence-electron chi connectivity index (χ1n) is 4.45. The number of aromatic amines is 1. The van der Waals surface area contributed by atoms with E-state index in [0.717, 1.165) is 0 Å². The molecule has 2 rings (SSSR count). The highest BCUT2D eigenvalue weighted by Crippen LogP contribution is 2.10. The fraction of sp³-hybridized carbons (Fsp3) is 0.250. The van der Waals surface area contributed by atoms with Gasteiger partial charge in [0.1, 0.15) is 5.56 Å². The zero-order valence-electron chi connectivity index (χ0n) is 8.43. The molecule has 2 heterocycles. The van der Waals surface area contributed by atoms with Gasteiger partial charge in [0.05, 0.1) is 6.54 Å². The quantitative estimate of drug-likeness (QED) is 0.644. The summed E-state index contributed by atoms with van der Waals surface area (Å²) in [5.41, 5.74) is 4.36. The Kier molecular flexibility index (Phi) is 2.41. The van der Waals surface area contributed by atoms with Crippen molar-refractivity contribution in [3.05, 3.63) is 32.9 Å². The van der Waals surface area contributed by atoms with Crippen LogP contribution < -0.4 is 17.0 Å². The molecular weight excluding hydrogens is 214 g/mol. The van der Waals surface area contributed by atoms with Crippen LogP contribution in [0.3, 0.4) is 0 Å². The SMILES string of the molecule is Cn1cc(-c2nc(CN)no2)c(=O)[nH]c1=O. The number of aryl methyl sites for hydroxylation is 1. The second-order valence-electron chi connectivity index (χ2n) is 3.13. The van der Waals surface area contributed by atoms with Crippen molar-refractivity contribution < 1.29 is 4.52 Å². The minimum Gasteiger partial charge on any atom is -0.334 e. The summed E-state index contributed by atoms with van der Waals surface area (Å²) in [6.45, 7) is 0.118. The number of nitrogens with one attached hydrogen (secondary N) is 1. The molecule has 8 nitrogen and oxygen atoms in total. The molecule has 2 aromatic heterocycles. The van der Waals surface area contributed by atoms with Gasteiger partial charge in [0.2, 0.25) is 0 Å². The summed E-state index contributed by atoms with van der Waals surface area (Å²) in [5.74, 6) is 0.334. The zero-order chi connectivity index (χ0) is 11.7. The molecular formula is C8H9N5O3.